The lowest BCUT2D eigenvalue weighted by molar-refractivity contribution is -0.384. The number of nitro benzene ring substituents is 1. The largest absolute Gasteiger partial charge is 0.378 e. The van der Waals surface area contributed by atoms with Crippen molar-refractivity contribution in [2.75, 3.05) is 62.3 Å². The number of nitro groups is 1. The number of amides is 1. The second-order valence-electron chi connectivity index (χ2n) is 8.20. The molecule has 0 atom stereocenters. The minimum atomic E-state index is -0.412. The fourth-order valence-electron chi connectivity index (χ4n) is 4.43. The SMILES string of the molecule is O=C(c1ccc(N2CCOCC2)c([N+](=O)[O-])c1)N1CCN(c2ccc3ccccc3n2)CC1. The minimum Gasteiger partial charge on any atom is -0.378 e. The molecule has 1 aromatic heterocycles. The third-order valence-corrected chi connectivity index (χ3v) is 6.25. The summed E-state index contributed by atoms with van der Waals surface area (Å²) in [7, 11) is 0. The Morgan fingerprint density at radius 2 is 1.67 bits per heavy atom. The van der Waals surface area contributed by atoms with Crippen LogP contribution >= 0.6 is 0 Å². The van der Waals surface area contributed by atoms with E-state index in [1.54, 1.807) is 17.0 Å². The second-order valence-corrected chi connectivity index (χ2v) is 8.20. The number of morpholine rings is 1. The third kappa shape index (κ3) is 4.31. The van der Waals surface area contributed by atoms with Crippen molar-refractivity contribution in [3.63, 3.8) is 0 Å². The van der Waals surface area contributed by atoms with E-state index in [0.29, 0.717) is 63.7 Å². The van der Waals surface area contributed by atoms with Gasteiger partial charge in [-0.3, -0.25) is 14.9 Å². The van der Waals surface area contributed by atoms with Gasteiger partial charge >= 0.3 is 0 Å². The van der Waals surface area contributed by atoms with Crippen LogP contribution in [-0.2, 0) is 4.74 Å². The Labute approximate surface area is 191 Å². The zero-order chi connectivity index (χ0) is 22.8. The number of anilines is 2. The number of pyridine rings is 1. The van der Waals surface area contributed by atoms with E-state index in [1.165, 1.54) is 6.07 Å². The summed E-state index contributed by atoms with van der Waals surface area (Å²) in [6.07, 6.45) is 0. The molecule has 3 aromatic rings. The normalized spacial score (nSPS) is 16.8. The van der Waals surface area contributed by atoms with Crippen LogP contribution in [0.3, 0.4) is 0 Å². The van der Waals surface area contributed by atoms with E-state index in [-0.39, 0.29) is 11.6 Å². The first-order chi connectivity index (χ1) is 16.1. The molecule has 0 spiro atoms. The van der Waals surface area contributed by atoms with Crippen LogP contribution in [0.4, 0.5) is 17.2 Å². The van der Waals surface area contributed by atoms with Gasteiger partial charge in [0.1, 0.15) is 11.5 Å². The maximum atomic E-state index is 13.1. The Kier molecular flexibility index (Phi) is 5.78. The molecule has 2 aliphatic rings. The maximum Gasteiger partial charge on any atom is 0.293 e. The number of hydrogen-bond acceptors (Lipinski definition) is 7. The standard InChI is InChI=1S/C24H25N5O4/c30-24(19-5-7-21(22(17-19)29(31)32)26-13-15-33-16-14-26)28-11-9-27(10-12-28)23-8-6-18-3-1-2-4-20(18)25-23/h1-8,17H,9-16H2. The van der Waals surface area contributed by atoms with Crippen LogP contribution in [0.25, 0.3) is 10.9 Å². The molecular weight excluding hydrogens is 422 g/mol. The molecule has 33 heavy (non-hydrogen) atoms. The molecule has 2 aliphatic heterocycles. The van der Waals surface area contributed by atoms with Crippen molar-refractivity contribution in [2.24, 2.45) is 0 Å². The first-order valence-electron chi connectivity index (χ1n) is 11.1. The third-order valence-electron chi connectivity index (χ3n) is 6.25. The number of carbonyl (C=O) groups is 1. The van der Waals surface area contributed by atoms with Crippen molar-refractivity contribution in [1.29, 1.82) is 0 Å². The lowest BCUT2D eigenvalue weighted by Crippen LogP contribution is -2.49. The summed E-state index contributed by atoms with van der Waals surface area (Å²) < 4.78 is 5.34. The van der Waals surface area contributed by atoms with Gasteiger partial charge in [-0.25, -0.2) is 4.98 Å². The number of fused-ring (bicyclic) bond motifs is 1. The van der Waals surface area contributed by atoms with Crippen molar-refractivity contribution in [3.05, 3.63) is 70.3 Å². The highest BCUT2D eigenvalue weighted by molar-refractivity contribution is 5.96. The number of carbonyl (C=O) groups excluding carboxylic acids is 1. The van der Waals surface area contributed by atoms with Crippen LogP contribution in [0.1, 0.15) is 10.4 Å². The Hall–Kier alpha value is -3.72. The van der Waals surface area contributed by atoms with Crippen molar-refractivity contribution >= 4 is 34.0 Å². The lowest BCUT2D eigenvalue weighted by Gasteiger charge is -2.35. The molecule has 1 amide bonds. The molecule has 0 bridgehead atoms. The number of benzene rings is 2. The van der Waals surface area contributed by atoms with E-state index in [2.05, 4.69) is 11.0 Å². The Morgan fingerprint density at radius 3 is 2.42 bits per heavy atom. The van der Waals surface area contributed by atoms with Crippen LogP contribution < -0.4 is 9.80 Å². The fraction of sp³-hybridized carbons (Fsp3) is 0.333. The van der Waals surface area contributed by atoms with Gasteiger partial charge in [-0.05, 0) is 30.3 Å². The number of para-hydroxylation sites is 1. The Balaban J connectivity index is 1.29. The number of piperazine rings is 1. The molecule has 5 rings (SSSR count). The van der Waals surface area contributed by atoms with Gasteiger partial charge < -0.3 is 19.4 Å². The van der Waals surface area contributed by atoms with Gasteiger partial charge in [0.15, 0.2) is 0 Å². The summed E-state index contributed by atoms with van der Waals surface area (Å²) in [6, 6.07) is 16.8. The number of hydrogen-bond donors (Lipinski definition) is 0. The molecule has 0 saturated carbocycles. The highest BCUT2D eigenvalue weighted by Crippen LogP contribution is 2.30. The minimum absolute atomic E-state index is 0.0400. The molecule has 170 valence electrons. The van der Waals surface area contributed by atoms with Gasteiger partial charge in [0.2, 0.25) is 0 Å². The molecular formula is C24H25N5O4. The summed E-state index contributed by atoms with van der Waals surface area (Å²) >= 11 is 0. The topological polar surface area (TPSA) is 92.0 Å². The van der Waals surface area contributed by atoms with Crippen molar-refractivity contribution in [1.82, 2.24) is 9.88 Å². The molecule has 2 fully saturated rings. The van der Waals surface area contributed by atoms with Crippen LogP contribution in [0, 0.1) is 10.1 Å². The molecule has 9 heteroatoms. The number of rotatable bonds is 4. The van der Waals surface area contributed by atoms with Gasteiger partial charge in [0.05, 0.1) is 23.7 Å². The van der Waals surface area contributed by atoms with Crippen LogP contribution in [0.15, 0.2) is 54.6 Å². The fourth-order valence-corrected chi connectivity index (χ4v) is 4.43. The summed E-state index contributed by atoms with van der Waals surface area (Å²) in [4.78, 5) is 35.0. The first-order valence-corrected chi connectivity index (χ1v) is 11.1. The van der Waals surface area contributed by atoms with Gasteiger partial charge in [0.25, 0.3) is 11.6 Å². The summed E-state index contributed by atoms with van der Waals surface area (Å²) in [6.45, 7) is 4.65. The molecule has 0 radical (unpaired) electrons. The number of nitrogens with zero attached hydrogens (tertiary/aromatic N) is 5. The Bertz CT molecular complexity index is 1190. The van der Waals surface area contributed by atoms with Gasteiger partial charge in [-0.2, -0.15) is 0 Å². The molecule has 0 unspecified atom stereocenters. The van der Waals surface area contributed by atoms with Gasteiger partial charge in [-0.15, -0.1) is 0 Å². The summed E-state index contributed by atoms with van der Waals surface area (Å²) in [5, 5.41) is 12.8. The molecule has 9 nitrogen and oxygen atoms in total. The van der Waals surface area contributed by atoms with E-state index in [9.17, 15) is 14.9 Å². The van der Waals surface area contributed by atoms with E-state index in [4.69, 9.17) is 9.72 Å². The summed E-state index contributed by atoms with van der Waals surface area (Å²) in [5.41, 5.74) is 1.78. The van der Waals surface area contributed by atoms with E-state index in [1.807, 2.05) is 35.2 Å². The van der Waals surface area contributed by atoms with Crippen LogP contribution in [0.5, 0.6) is 0 Å². The van der Waals surface area contributed by atoms with Crippen molar-refractivity contribution in [3.8, 4) is 0 Å². The zero-order valence-electron chi connectivity index (χ0n) is 18.2. The average Bonchev–Trinajstić information content (AvgIpc) is 2.88. The monoisotopic (exact) mass is 447 g/mol. The van der Waals surface area contributed by atoms with Crippen molar-refractivity contribution in [2.45, 2.75) is 0 Å². The molecule has 0 aliphatic carbocycles. The zero-order valence-corrected chi connectivity index (χ0v) is 18.2. The van der Waals surface area contributed by atoms with Crippen LogP contribution in [-0.4, -0.2) is 73.2 Å². The van der Waals surface area contributed by atoms with Gasteiger partial charge in [0, 0.05) is 56.3 Å². The molecule has 0 N–H and O–H groups in total. The highest BCUT2D eigenvalue weighted by atomic mass is 16.6. The molecule has 2 aromatic carbocycles. The predicted octanol–water partition coefficient (Wildman–Crippen LogP) is 2.94. The first kappa shape index (κ1) is 21.1. The van der Waals surface area contributed by atoms with Crippen LogP contribution in [0.2, 0.25) is 0 Å². The van der Waals surface area contributed by atoms with E-state index in [0.717, 1.165) is 16.7 Å². The van der Waals surface area contributed by atoms with Gasteiger partial charge in [-0.1, -0.05) is 18.2 Å². The maximum absolute atomic E-state index is 13.1. The average molecular weight is 447 g/mol. The number of aromatic nitrogens is 1. The number of ether oxygens (including phenoxy) is 1. The quantitative estimate of drug-likeness (QED) is 0.448. The van der Waals surface area contributed by atoms with E-state index >= 15 is 0 Å². The predicted molar refractivity (Wildman–Crippen MR) is 126 cm³/mol. The Morgan fingerprint density at radius 1 is 0.909 bits per heavy atom. The smallest absolute Gasteiger partial charge is 0.293 e. The highest BCUT2D eigenvalue weighted by Gasteiger charge is 2.27. The lowest BCUT2D eigenvalue weighted by atomic mass is 10.1. The second kappa shape index (κ2) is 9.03. The molecule has 2 saturated heterocycles. The van der Waals surface area contributed by atoms with Crippen molar-refractivity contribution < 1.29 is 14.5 Å². The van der Waals surface area contributed by atoms with E-state index < -0.39 is 4.92 Å². The summed E-state index contributed by atoms with van der Waals surface area (Å²) in [5.74, 6) is 0.712. The molecule has 3 heterocycles.